The third-order valence-corrected chi connectivity index (χ3v) is 4.43. The maximum Gasteiger partial charge on any atom is 0.123 e. The molecule has 1 aliphatic rings. The summed E-state index contributed by atoms with van der Waals surface area (Å²) >= 11 is 0. The van der Waals surface area contributed by atoms with E-state index < -0.39 is 0 Å². The minimum Gasteiger partial charge on any atom is -0.341 e. The SMILES string of the molecule is Fc1ccc(C2CCN(Cc3nc4ccccc4[nH]3)C2)cc1. The van der Waals surface area contributed by atoms with Crippen LogP contribution in [-0.2, 0) is 6.54 Å². The maximum atomic E-state index is 13.0. The van der Waals surface area contributed by atoms with E-state index in [1.807, 2.05) is 30.3 Å². The van der Waals surface area contributed by atoms with E-state index in [4.69, 9.17) is 0 Å². The minimum absolute atomic E-state index is 0.166. The lowest BCUT2D eigenvalue weighted by Crippen LogP contribution is -2.20. The number of likely N-dealkylation sites (tertiary alicyclic amines) is 1. The number of halogens is 1. The number of aromatic amines is 1. The van der Waals surface area contributed by atoms with Gasteiger partial charge < -0.3 is 4.98 Å². The molecule has 0 aliphatic carbocycles. The van der Waals surface area contributed by atoms with Crippen LogP contribution in [0.15, 0.2) is 48.5 Å². The number of rotatable bonds is 3. The summed E-state index contributed by atoms with van der Waals surface area (Å²) in [6.45, 7) is 2.90. The Kier molecular flexibility index (Phi) is 3.39. The molecule has 0 spiro atoms. The van der Waals surface area contributed by atoms with E-state index in [9.17, 15) is 4.39 Å². The first-order valence-corrected chi connectivity index (χ1v) is 7.69. The summed E-state index contributed by atoms with van der Waals surface area (Å²) in [6, 6.07) is 15.0. The third-order valence-electron chi connectivity index (χ3n) is 4.43. The highest BCUT2D eigenvalue weighted by molar-refractivity contribution is 5.74. The maximum absolute atomic E-state index is 13.0. The summed E-state index contributed by atoms with van der Waals surface area (Å²) in [5, 5.41) is 0. The fourth-order valence-electron chi connectivity index (χ4n) is 3.28. The molecule has 112 valence electrons. The molecule has 0 saturated carbocycles. The van der Waals surface area contributed by atoms with E-state index in [1.165, 1.54) is 5.56 Å². The van der Waals surface area contributed by atoms with Gasteiger partial charge in [0, 0.05) is 6.54 Å². The van der Waals surface area contributed by atoms with E-state index >= 15 is 0 Å². The number of nitrogens with one attached hydrogen (secondary N) is 1. The molecular formula is C18H18FN3. The smallest absolute Gasteiger partial charge is 0.123 e. The number of fused-ring (bicyclic) bond motifs is 1. The van der Waals surface area contributed by atoms with Crippen LogP contribution < -0.4 is 0 Å². The molecule has 1 unspecified atom stereocenters. The van der Waals surface area contributed by atoms with Crippen LogP contribution in [0.5, 0.6) is 0 Å². The summed E-state index contributed by atoms with van der Waals surface area (Å²) in [4.78, 5) is 10.4. The van der Waals surface area contributed by atoms with Gasteiger partial charge in [0.05, 0.1) is 17.6 Å². The molecule has 2 aromatic carbocycles. The highest BCUT2D eigenvalue weighted by Crippen LogP contribution is 2.28. The molecule has 0 bridgehead atoms. The van der Waals surface area contributed by atoms with Crippen molar-refractivity contribution in [2.75, 3.05) is 13.1 Å². The number of nitrogens with zero attached hydrogens (tertiary/aromatic N) is 2. The Morgan fingerprint density at radius 2 is 1.95 bits per heavy atom. The second-order valence-corrected chi connectivity index (χ2v) is 5.97. The molecule has 4 heteroatoms. The number of H-pyrrole nitrogens is 1. The highest BCUT2D eigenvalue weighted by atomic mass is 19.1. The first kappa shape index (κ1) is 13.5. The number of imidazole rings is 1. The molecule has 22 heavy (non-hydrogen) atoms. The van der Waals surface area contributed by atoms with Crippen molar-refractivity contribution in [2.45, 2.75) is 18.9 Å². The zero-order chi connectivity index (χ0) is 14.9. The summed E-state index contributed by atoms with van der Waals surface area (Å²) in [5.41, 5.74) is 3.34. The summed E-state index contributed by atoms with van der Waals surface area (Å²) in [7, 11) is 0. The summed E-state index contributed by atoms with van der Waals surface area (Å²) < 4.78 is 13.0. The van der Waals surface area contributed by atoms with Gasteiger partial charge in [0.25, 0.3) is 0 Å². The predicted molar refractivity (Wildman–Crippen MR) is 85.1 cm³/mol. The van der Waals surface area contributed by atoms with Gasteiger partial charge in [-0.25, -0.2) is 9.37 Å². The lowest BCUT2D eigenvalue weighted by molar-refractivity contribution is 0.319. The molecule has 1 saturated heterocycles. The highest BCUT2D eigenvalue weighted by Gasteiger charge is 2.24. The predicted octanol–water partition coefficient (Wildman–Crippen LogP) is 3.69. The van der Waals surface area contributed by atoms with Crippen LogP contribution >= 0.6 is 0 Å². The van der Waals surface area contributed by atoms with Crippen molar-refractivity contribution in [3.63, 3.8) is 0 Å². The van der Waals surface area contributed by atoms with Crippen molar-refractivity contribution in [2.24, 2.45) is 0 Å². The molecule has 3 aromatic rings. The zero-order valence-electron chi connectivity index (χ0n) is 12.3. The van der Waals surface area contributed by atoms with Crippen molar-refractivity contribution in [3.8, 4) is 0 Å². The van der Waals surface area contributed by atoms with Crippen LogP contribution in [0.2, 0.25) is 0 Å². The molecular weight excluding hydrogens is 277 g/mol. The largest absolute Gasteiger partial charge is 0.341 e. The number of para-hydroxylation sites is 2. The van der Waals surface area contributed by atoms with Gasteiger partial charge >= 0.3 is 0 Å². The van der Waals surface area contributed by atoms with Crippen LogP contribution in [0.3, 0.4) is 0 Å². The first-order valence-electron chi connectivity index (χ1n) is 7.69. The number of aromatic nitrogens is 2. The Morgan fingerprint density at radius 1 is 1.14 bits per heavy atom. The second kappa shape index (κ2) is 5.54. The van der Waals surface area contributed by atoms with Gasteiger partial charge in [-0.3, -0.25) is 4.90 Å². The molecule has 2 heterocycles. The molecule has 0 amide bonds. The van der Waals surface area contributed by atoms with Crippen molar-refractivity contribution >= 4 is 11.0 Å². The fourth-order valence-corrected chi connectivity index (χ4v) is 3.28. The van der Waals surface area contributed by atoms with Crippen LogP contribution in [0, 0.1) is 5.82 Å². The molecule has 1 aromatic heterocycles. The Labute approximate surface area is 128 Å². The van der Waals surface area contributed by atoms with Crippen LogP contribution in [0.1, 0.15) is 23.7 Å². The van der Waals surface area contributed by atoms with Crippen molar-refractivity contribution in [1.82, 2.24) is 14.9 Å². The van der Waals surface area contributed by atoms with E-state index in [1.54, 1.807) is 12.1 Å². The van der Waals surface area contributed by atoms with Gasteiger partial charge in [-0.1, -0.05) is 24.3 Å². The molecule has 0 radical (unpaired) electrons. The van der Waals surface area contributed by atoms with Crippen molar-refractivity contribution < 1.29 is 4.39 Å². The second-order valence-electron chi connectivity index (χ2n) is 5.97. The Hall–Kier alpha value is -2.20. The van der Waals surface area contributed by atoms with Gasteiger partial charge in [-0.05, 0) is 48.7 Å². The number of hydrogen-bond donors (Lipinski definition) is 1. The van der Waals surface area contributed by atoms with Gasteiger partial charge in [-0.2, -0.15) is 0 Å². The summed E-state index contributed by atoms with van der Waals surface area (Å²) in [5.74, 6) is 1.34. The Morgan fingerprint density at radius 3 is 2.77 bits per heavy atom. The standard InChI is InChI=1S/C18H18FN3/c19-15-7-5-13(6-8-15)14-9-10-22(11-14)12-18-20-16-3-1-2-4-17(16)21-18/h1-8,14H,9-12H2,(H,20,21). The minimum atomic E-state index is -0.166. The average molecular weight is 295 g/mol. The molecule has 4 rings (SSSR count). The monoisotopic (exact) mass is 295 g/mol. The summed E-state index contributed by atoms with van der Waals surface area (Å²) in [6.07, 6.45) is 1.12. The molecule has 3 nitrogen and oxygen atoms in total. The Balaban J connectivity index is 1.45. The zero-order valence-corrected chi connectivity index (χ0v) is 12.3. The third kappa shape index (κ3) is 2.62. The van der Waals surface area contributed by atoms with Crippen LogP contribution in [0.4, 0.5) is 4.39 Å². The van der Waals surface area contributed by atoms with Crippen LogP contribution in [0.25, 0.3) is 11.0 Å². The lowest BCUT2D eigenvalue weighted by atomic mass is 9.99. The van der Waals surface area contributed by atoms with Gasteiger partial charge in [0.1, 0.15) is 11.6 Å². The quantitative estimate of drug-likeness (QED) is 0.799. The lowest BCUT2D eigenvalue weighted by Gasteiger charge is -2.14. The fraction of sp³-hybridized carbons (Fsp3) is 0.278. The van der Waals surface area contributed by atoms with Crippen molar-refractivity contribution in [3.05, 3.63) is 65.7 Å². The van der Waals surface area contributed by atoms with E-state index in [0.29, 0.717) is 5.92 Å². The van der Waals surface area contributed by atoms with Gasteiger partial charge in [-0.15, -0.1) is 0 Å². The van der Waals surface area contributed by atoms with E-state index in [2.05, 4.69) is 20.9 Å². The molecule has 1 N–H and O–H groups in total. The van der Waals surface area contributed by atoms with Crippen molar-refractivity contribution in [1.29, 1.82) is 0 Å². The molecule has 1 aliphatic heterocycles. The first-order chi connectivity index (χ1) is 10.8. The molecule has 1 atom stereocenters. The van der Waals surface area contributed by atoms with Crippen LogP contribution in [-0.4, -0.2) is 28.0 Å². The van der Waals surface area contributed by atoms with E-state index in [0.717, 1.165) is 42.9 Å². The normalized spacial score (nSPS) is 19.0. The number of benzene rings is 2. The number of hydrogen-bond acceptors (Lipinski definition) is 2. The topological polar surface area (TPSA) is 31.9 Å². The Bertz CT molecular complexity index is 745. The molecule has 1 fully saturated rings. The van der Waals surface area contributed by atoms with Gasteiger partial charge in [0.15, 0.2) is 0 Å². The average Bonchev–Trinajstić information content (AvgIpc) is 3.14. The van der Waals surface area contributed by atoms with Gasteiger partial charge in [0.2, 0.25) is 0 Å². The van der Waals surface area contributed by atoms with E-state index in [-0.39, 0.29) is 5.82 Å².